The van der Waals surface area contributed by atoms with Crippen LogP contribution >= 0.6 is 0 Å². The molecule has 4 heteroatoms. The highest BCUT2D eigenvalue weighted by atomic mass is 19.1. The molecule has 112 valence electrons. The second-order valence-corrected chi connectivity index (χ2v) is 4.81. The van der Waals surface area contributed by atoms with Crippen molar-refractivity contribution in [2.24, 2.45) is 0 Å². The van der Waals surface area contributed by atoms with Gasteiger partial charge in [0.25, 0.3) is 0 Å². The van der Waals surface area contributed by atoms with Gasteiger partial charge in [0, 0.05) is 18.2 Å². The van der Waals surface area contributed by atoms with Crippen molar-refractivity contribution < 1.29 is 19.0 Å². The molecule has 1 unspecified atom stereocenters. The van der Waals surface area contributed by atoms with E-state index in [0.717, 1.165) is 5.56 Å². The molecular weight excluding hydrogens is 271 g/mol. The predicted octanol–water partition coefficient (Wildman–Crippen LogP) is 3.24. The number of methoxy groups -OCH3 is 1. The van der Waals surface area contributed by atoms with Crippen LogP contribution in [-0.2, 0) is 4.74 Å². The molecule has 0 aliphatic heterocycles. The topological polar surface area (TPSA) is 38.7 Å². The van der Waals surface area contributed by atoms with Crippen molar-refractivity contribution in [1.29, 1.82) is 0 Å². The van der Waals surface area contributed by atoms with Crippen molar-refractivity contribution in [3.05, 3.63) is 65.0 Å². The Morgan fingerprint density at radius 3 is 2.57 bits per heavy atom. The van der Waals surface area contributed by atoms with Gasteiger partial charge in [0.1, 0.15) is 24.3 Å². The molecule has 0 heterocycles. The first-order valence-electron chi connectivity index (χ1n) is 6.78. The van der Waals surface area contributed by atoms with Gasteiger partial charge in [-0.15, -0.1) is 0 Å². The lowest BCUT2D eigenvalue weighted by molar-refractivity contribution is 0.142. The number of hydrogen-bond acceptors (Lipinski definition) is 3. The molecule has 0 aromatic heterocycles. The Morgan fingerprint density at radius 1 is 1.10 bits per heavy atom. The summed E-state index contributed by atoms with van der Waals surface area (Å²) < 4.78 is 24.5. The summed E-state index contributed by atoms with van der Waals surface area (Å²) in [6.45, 7) is 2.63. The summed E-state index contributed by atoms with van der Waals surface area (Å²) in [4.78, 5) is 0. The highest BCUT2D eigenvalue weighted by Crippen LogP contribution is 2.31. The fourth-order valence-corrected chi connectivity index (χ4v) is 2.09. The van der Waals surface area contributed by atoms with Crippen LogP contribution in [0.3, 0.4) is 0 Å². The van der Waals surface area contributed by atoms with E-state index in [-0.39, 0.29) is 5.56 Å². The van der Waals surface area contributed by atoms with E-state index in [2.05, 4.69) is 0 Å². The molecule has 1 N–H and O–H groups in total. The lowest BCUT2D eigenvalue weighted by Gasteiger charge is -2.17. The molecule has 0 fully saturated rings. The molecule has 0 amide bonds. The Kier molecular flexibility index (Phi) is 5.31. The van der Waals surface area contributed by atoms with Crippen molar-refractivity contribution in [2.75, 3.05) is 20.3 Å². The number of halogens is 1. The fourth-order valence-electron chi connectivity index (χ4n) is 2.09. The molecule has 0 bridgehead atoms. The lowest BCUT2D eigenvalue weighted by Crippen LogP contribution is -2.09. The van der Waals surface area contributed by atoms with E-state index < -0.39 is 11.9 Å². The van der Waals surface area contributed by atoms with Crippen LogP contribution in [0.15, 0.2) is 42.5 Å². The molecule has 0 spiro atoms. The van der Waals surface area contributed by atoms with Crippen LogP contribution in [0.5, 0.6) is 5.75 Å². The van der Waals surface area contributed by atoms with Crippen LogP contribution in [-0.4, -0.2) is 25.4 Å². The highest BCUT2D eigenvalue weighted by Gasteiger charge is 2.18. The molecule has 21 heavy (non-hydrogen) atoms. The normalized spacial score (nSPS) is 12.2. The van der Waals surface area contributed by atoms with E-state index in [9.17, 15) is 9.50 Å². The minimum absolute atomic E-state index is 0.239. The lowest BCUT2D eigenvalue weighted by atomic mass is 9.99. The second-order valence-electron chi connectivity index (χ2n) is 4.81. The first-order chi connectivity index (χ1) is 10.1. The van der Waals surface area contributed by atoms with Crippen molar-refractivity contribution in [2.45, 2.75) is 13.0 Å². The van der Waals surface area contributed by atoms with E-state index in [4.69, 9.17) is 9.47 Å². The van der Waals surface area contributed by atoms with Crippen LogP contribution in [0.1, 0.15) is 22.8 Å². The summed E-state index contributed by atoms with van der Waals surface area (Å²) in [5.74, 6) is 0.108. The number of aliphatic hydroxyl groups is 1. The minimum atomic E-state index is -1.07. The van der Waals surface area contributed by atoms with E-state index in [1.807, 2.05) is 6.07 Å². The van der Waals surface area contributed by atoms with Gasteiger partial charge in [-0.05, 0) is 24.6 Å². The molecule has 3 nitrogen and oxygen atoms in total. The molecule has 2 aromatic carbocycles. The van der Waals surface area contributed by atoms with Gasteiger partial charge >= 0.3 is 0 Å². The van der Waals surface area contributed by atoms with Gasteiger partial charge in [-0.2, -0.15) is 0 Å². The SMILES string of the molecule is COCCOc1ccccc1C(O)c1ccc(C)cc1F. The molecule has 0 saturated heterocycles. The number of hydrogen-bond donors (Lipinski definition) is 1. The van der Waals surface area contributed by atoms with Crippen molar-refractivity contribution in [3.63, 3.8) is 0 Å². The Bertz CT molecular complexity index is 598. The summed E-state index contributed by atoms with van der Waals surface area (Å²) in [7, 11) is 1.59. The summed E-state index contributed by atoms with van der Waals surface area (Å²) in [6, 6.07) is 11.9. The van der Waals surface area contributed by atoms with Crippen LogP contribution in [0.4, 0.5) is 4.39 Å². The van der Waals surface area contributed by atoms with E-state index in [1.165, 1.54) is 6.07 Å². The average molecular weight is 290 g/mol. The highest BCUT2D eigenvalue weighted by molar-refractivity contribution is 5.41. The van der Waals surface area contributed by atoms with Crippen molar-refractivity contribution >= 4 is 0 Å². The molecule has 0 aliphatic carbocycles. The van der Waals surface area contributed by atoms with Crippen LogP contribution in [0.2, 0.25) is 0 Å². The molecule has 0 saturated carbocycles. The molecule has 0 radical (unpaired) electrons. The summed E-state index contributed by atoms with van der Waals surface area (Å²) in [6.07, 6.45) is -1.07. The number of ether oxygens (including phenoxy) is 2. The van der Waals surface area contributed by atoms with Gasteiger partial charge in [-0.1, -0.05) is 30.3 Å². The number of rotatable bonds is 6. The van der Waals surface area contributed by atoms with Gasteiger partial charge in [0.15, 0.2) is 0 Å². The first-order valence-corrected chi connectivity index (χ1v) is 6.78. The van der Waals surface area contributed by atoms with Gasteiger partial charge < -0.3 is 14.6 Å². The third-order valence-electron chi connectivity index (χ3n) is 3.21. The Hall–Kier alpha value is -1.91. The van der Waals surface area contributed by atoms with E-state index >= 15 is 0 Å². The molecular formula is C17H19FO3. The maximum Gasteiger partial charge on any atom is 0.129 e. The predicted molar refractivity (Wildman–Crippen MR) is 79.0 cm³/mol. The van der Waals surface area contributed by atoms with Gasteiger partial charge in [-0.25, -0.2) is 4.39 Å². The zero-order valence-corrected chi connectivity index (χ0v) is 12.2. The van der Waals surface area contributed by atoms with Crippen LogP contribution in [0.25, 0.3) is 0 Å². The fraction of sp³-hybridized carbons (Fsp3) is 0.294. The monoisotopic (exact) mass is 290 g/mol. The van der Waals surface area contributed by atoms with Crippen molar-refractivity contribution in [3.8, 4) is 5.75 Å². The Morgan fingerprint density at radius 2 is 1.86 bits per heavy atom. The third kappa shape index (κ3) is 3.80. The maximum atomic E-state index is 14.0. The maximum absolute atomic E-state index is 14.0. The van der Waals surface area contributed by atoms with E-state index in [1.54, 1.807) is 44.4 Å². The summed E-state index contributed by atoms with van der Waals surface area (Å²) in [5.41, 5.74) is 1.59. The van der Waals surface area contributed by atoms with Crippen molar-refractivity contribution in [1.82, 2.24) is 0 Å². The summed E-state index contributed by atoms with van der Waals surface area (Å²) >= 11 is 0. The molecule has 0 aliphatic rings. The second kappa shape index (κ2) is 7.20. The van der Waals surface area contributed by atoms with Gasteiger partial charge in [-0.3, -0.25) is 0 Å². The quantitative estimate of drug-likeness (QED) is 0.830. The Labute approximate surface area is 124 Å². The molecule has 1 atom stereocenters. The van der Waals surface area contributed by atoms with E-state index in [0.29, 0.717) is 24.5 Å². The third-order valence-corrected chi connectivity index (χ3v) is 3.21. The zero-order chi connectivity index (χ0) is 15.2. The number of para-hydroxylation sites is 1. The van der Waals surface area contributed by atoms with Gasteiger partial charge in [0.2, 0.25) is 0 Å². The summed E-state index contributed by atoms with van der Waals surface area (Å²) in [5, 5.41) is 10.4. The standard InChI is InChI=1S/C17H19FO3/c1-12-7-8-13(15(18)11-12)17(19)14-5-3-4-6-16(14)21-10-9-20-2/h3-8,11,17,19H,9-10H2,1-2H3. The van der Waals surface area contributed by atoms with Crippen LogP contribution < -0.4 is 4.74 Å². The average Bonchev–Trinajstić information content (AvgIpc) is 2.47. The minimum Gasteiger partial charge on any atom is -0.491 e. The zero-order valence-electron chi connectivity index (χ0n) is 12.2. The Balaban J connectivity index is 2.27. The number of benzene rings is 2. The smallest absolute Gasteiger partial charge is 0.129 e. The van der Waals surface area contributed by atoms with Crippen LogP contribution in [0, 0.1) is 12.7 Å². The van der Waals surface area contributed by atoms with Gasteiger partial charge in [0.05, 0.1) is 6.61 Å². The molecule has 2 aromatic rings. The number of aryl methyl sites for hydroxylation is 1. The first kappa shape index (κ1) is 15.5. The largest absolute Gasteiger partial charge is 0.491 e. The number of aliphatic hydroxyl groups excluding tert-OH is 1. The molecule has 2 rings (SSSR count).